The molecule has 1 aromatic carbocycles. The van der Waals surface area contributed by atoms with E-state index >= 15 is 0 Å². The molecular weight excluding hydrogens is 353 g/mol. The lowest BCUT2D eigenvalue weighted by Crippen LogP contribution is -1.98. The Morgan fingerprint density at radius 2 is 1.94 bits per heavy atom. The second-order valence-electron chi connectivity index (χ2n) is 3.37. The molecule has 0 fully saturated rings. The molecule has 3 nitrogen and oxygen atoms in total. The SMILES string of the molecule is Cc1nc(Br)cc(Nc2ccc(F)cc2Br)n1. The van der Waals surface area contributed by atoms with Gasteiger partial charge in [0.1, 0.15) is 22.1 Å². The number of nitrogens with one attached hydrogen (secondary N) is 1. The maximum Gasteiger partial charge on any atom is 0.135 e. The molecule has 0 aliphatic carbocycles. The van der Waals surface area contributed by atoms with Gasteiger partial charge in [-0.3, -0.25) is 0 Å². The fourth-order valence-electron chi connectivity index (χ4n) is 1.32. The first-order valence-electron chi connectivity index (χ1n) is 4.78. The number of benzene rings is 1. The Morgan fingerprint density at radius 1 is 1.18 bits per heavy atom. The van der Waals surface area contributed by atoms with Crippen LogP contribution in [-0.2, 0) is 0 Å². The van der Waals surface area contributed by atoms with Gasteiger partial charge >= 0.3 is 0 Å². The minimum Gasteiger partial charge on any atom is -0.339 e. The Kier molecular flexibility index (Phi) is 3.73. The summed E-state index contributed by atoms with van der Waals surface area (Å²) in [6.45, 7) is 1.80. The minimum absolute atomic E-state index is 0.289. The molecule has 88 valence electrons. The molecule has 0 amide bonds. The van der Waals surface area contributed by atoms with Crippen LogP contribution in [0.2, 0.25) is 0 Å². The third-order valence-electron chi connectivity index (χ3n) is 2.00. The molecular formula is C11H8Br2FN3. The summed E-state index contributed by atoms with van der Waals surface area (Å²) in [5.74, 6) is 1.01. The summed E-state index contributed by atoms with van der Waals surface area (Å²) in [6.07, 6.45) is 0. The average Bonchev–Trinajstić information content (AvgIpc) is 2.21. The van der Waals surface area contributed by atoms with Gasteiger partial charge in [0.15, 0.2) is 0 Å². The molecule has 0 unspecified atom stereocenters. The first kappa shape index (κ1) is 12.4. The van der Waals surface area contributed by atoms with Crippen molar-refractivity contribution in [3.05, 3.63) is 45.0 Å². The van der Waals surface area contributed by atoms with Gasteiger partial charge in [-0.05, 0) is 57.0 Å². The van der Waals surface area contributed by atoms with Crippen LogP contribution in [0.5, 0.6) is 0 Å². The van der Waals surface area contributed by atoms with Gasteiger partial charge in [-0.15, -0.1) is 0 Å². The predicted molar refractivity (Wildman–Crippen MR) is 71.9 cm³/mol. The molecule has 0 atom stereocenters. The van der Waals surface area contributed by atoms with Crippen molar-refractivity contribution in [3.63, 3.8) is 0 Å². The quantitative estimate of drug-likeness (QED) is 0.816. The lowest BCUT2D eigenvalue weighted by molar-refractivity contribution is 0.627. The van der Waals surface area contributed by atoms with E-state index in [0.29, 0.717) is 20.7 Å². The molecule has 1 aromatic heterocycles. The first-order valence-corrected chi connectivity index (χ1v) is 6.36. The Morgan fingerprint density at radius 3 is 2.59 bits per heavy atom. The van der Waals surface area contributed by atoms with Gasteiger partial charge in [-0.1, -0.05) is 0 Å². The van der Waals surface area contributed by atoms with Crippen molar-refractivity contribution in [1.29, 1.82) is 0 Å². The molecule has 0 spiro atoms. The number of hydrogen-bond acceptors (Lipinski definition) is 3. The highest BCUT2D eigenvalue weighted by Crippen LogP contribution is 2.26. The zero-order chi connectivity index (χ0) is 12.4. The van der Waals surface area contributed by atoms with Gasteiger partial charge in [0, 0.05) is 10.5 Å². The third kappa shape index (κ3) is 3.23. The van der Waals surface area contributed by atoms with Gasteiger partial charge in [0.05, 0.1) is 5.69 Å². The van der Waals surface area contributed by atoms with E-state index in [1.54, 1.807) is 19.1 Å². The van der Waals surface area contributed by atoms with Crippen molar-refractivity contribution in [3.8, 4) is 0 Å². The Bertz CT molecular complexity index is 540. The standard InChI is InChI=1S/C11H8Br2FN3/c1-6-15-10(13)5-11(16-6)17-9-3-2-7(14)4-8(9)12/h2-5H,1H3,(H,15,16,17). The summed E-state index contributed by atoms with van der Waals surface area (Å²) < 4.78 is 14.3. The number of hydrogen-bond donors (Lipinski definition) is 1. The molecule has 1 N–H and O–H groups in total. The largest absolute Gasteiger partial charge is 0.339 e. The van der Waals surface area contributed by atoms with Gasteiger partial charge in [0.2, 0.25) is 0 Å². The molecule has 6 heteroatoms. The average molecular weight is 361 g/mol. The second-order valence-corrected chi connectivity index (χ2v) is 5.04. The summed E-state index contributed by atoms with van der Waals surface area (Å²) in [4.78, 5) is 8.33. The highest BCUT2D eigenvalue weighted by atomic mass is 79.9. The van der Waals surface area contributed by atoms with Crippen molar-refractivity contribution in [2.75, 3.05) is 5.32 Å². The van der Waals surface area contributed by atoms with Crippen LogP contribution in [0, 0.1) is 12.7 Å². The van der Waals surface area contributed by atoms with E-state index in [9.17, 15) is 4.39 Å². The number of halogens is 3. The van der Waals surface area contributed by atoms with Crippen LogP contribution in [0.15, 0.2) is 33.3 Å². The van der Waals surface area contributed by atoms with E-state index in [-0.39, 0.29) is 5.82 Å². The van der Waals surface area contributed by atoms with Crippen LogP contribution in [-0.4, -0.2) is 9.97 Å². The molecule has 0 saturated heterocycles. The topological polar surface area (TPSA) is 37.8 Å². The molecule has 0 radical (unpaired) electrons. The minimum atomic E-state index is -0.289. The zero-order valence-corrected chi connectivity index (χ0v) is 12.0. The van der Waals surface area contributed by atoms with Crippen molar-refractivity contribution >= 4 is 43.4 Å². The van der Waals surface area contributed by atoms with Gasteiger partial charge in [0.25, 0.3) is 0 Å². The predicted octanol–water partition coefficient (Wildman–Crippen LogP) is 4.19. The zero-order valence-electron chi connectivity index (χ0n) is 8.84. The van der Waals surface area contributed by atoms with E-state index < -0.39 is 0 Å². The molecule has 1 heterocycles. The Labute approximate surface area is 115 Å². The van der Waals surface area contributed by atoms with Crippen LogP contribution >= 0.6 is 31.9 Å². The van der Waals surface area contributed by atoms with Gasteiger partial charge in [-0.25, -0.2) is 14.4 Å². The van der Waals surface area contributed by atoms with E-state index in [1.165, 1.54) is 12.1 Å². The molecule has 0 aliphatic heterocycles. The number of aryl methyl sites for hydroxylation is 1. The Balaban J connectivity index is 2.31. The maximum absolute atomic E-state index is 12.9. The van der Waals surface area contributed by atoms with Crippen LogP contribution in [0.3, 0.4) is 0 Å². The fourth-order valence-corrected chi connectivity index (χ4v) is 2.25. The summed E-state index contributed by atoms with van der Waals surface area (Å²) in [7, 11) is 0. The lowest BCUT2D eigenvalue weighted by atomic mass is 10.3. The lowest BCUT2D eigenvalue weighted by Gasteiger charge is -2.08. The number of anilines is 2. The van der Waals surface area contributed by atoms with Crippen molar-refractivity contribution < 1.29 is 4.39 Å². The first-order chi connectivity index (χ1) is 8.04. The highest BCUT2D eigenvalue weighted by molar-refractivity contribution is 9.10. The maximum atomic E-state index is 12.9. The number of rotatable bonds is 2. The van der Waals surface area contributed by atoms with Gasteiger partial charge in [-0.2, -0.15) is 0 Å². The molecule has 17 heavy (non-hydrogen) atoms. The van der Waals surface area contributed by atoms with E-state index in [2.05, 4.69) is 47.1 Å². The molecule has 0 saturated carbocycles. The van der Waals surface area contributed by atoms with Crippen LogP contribution in [0.4, 0.5) is 15.9 Å². The van der Waals surface area contributed by atoms with Gasteiger partial charge < -0.3 is 5.32 Å². The monoisotopic (exact) mass is 359 g/mol. The van der Waals surface area contributed by atoms with E-state index in [1.807, 2.05) is 0 Å². The van der Waals surface area contributed by atoms with Crippen molar-refractivity contribution in [2.24, 2.45) is 0 Å². The highest BCUT2D eigenvalue weighted by Gasteiger charge is 2.04. The van der Waals surface area contributed by atoms with Crippen LogP contribution < -0.4 is 5.32 Å². The van der Waals surface area contributed by atoms with E-state index in [4.69, 9.17) is 0 Å². The fraction of sp³-hybridized carbons (Fsp3) is 0.0909. The summed E-state index contributed by atoms with van der Waals surface area (Å²) in [6, 6.07) is 6.18. The van der Waals surface area contributed by atoms with Crippen molar-refractivity contribution in [2.45, 2.75) is 6.92 Å². The normalized spacial score (nSPS) is 10.4. The van der Waals surface area contributed by atoms with Crippen LogP contribution in [0.1, 0.15) is 5.82 Å². The number of aromatic nitrogens is 2. The third-order valence-corrected chi connectivity index (χ3v) is 3.06. The number of nitrogens with zero attached hydrogens (tertiary/aromatic N) is 2. The summed E-state index contributed by atoms with van der Waals surface area (Å²) >= 11 is 6.58. The van der Waals surface area contributed by atoms with E-state index in [0.717, 1.165) is 5.69 Å². The van der Waals surface area contributed by atoms with Crippen LogP contribution in [0.25, 0.3) is 0 Å². The molecule has 2 rings (SSSR count). The second kappa shape index (κ2) is 5.10. The summed E-state index contributed by atoms with van der Waals surface area (Å²) in [5, 5.41) is 3.09. The Hall–Kier alpha value is -1.01. The van der Waals surface area contributed by atoms with Crippen molar-refractivity contribution in [1.82, 2.24) is 9.97 Å². The summed E-state index contributed by atoms with van der Waals surface area (Å²) in [5.41, 5.74) is 0.747. The molecule has 0 bridgehead atoms. The molecule has 0 aliphatic rings. The smallest absolute Gasteiger partial charge is 0.135 e. The molecule has 2 aromatic rings.